The molecule has 0 heterocycles. The van der Waals surface area contributed by atoms with Gasteiger partial charge in [-0.25, -0.2) is 0 Å². The standard InChI is InChI=1S/C12H14O3/c1-14-12(15-2)9-3-5-10-8(7-9)4-6-11(10)13/h3,5,7,12H,4,6H2,1-2H3. The molecule has 0 unspecified atom stereocenters. The van der Waals surface area contributed by atoms with Gasteiger partial charge in [0.15, 0.2) is 12.1 Å². The Hall–Kier alpha value is -1.19. The fourth-order valence-electron chi connectivity index (χ4n) is 1.99. The molecule has 1 aliphatic rings. The van der Waals surface area contributed by atoms with Crippen molar-refractivity contribution < 1.29 is 14.3 Å². The maximum atomic E-state index is 11.4. The molecule has 0 radical (unpaired) electrons. The topological polar surface area (TPSA) is 35.5 Å². The lowest BCUT2D eigenvalue weighted by atomic mass is 10.1. The minimum Gasteiger partial charge on any atom is -0.352 e. The summed E-state index contributed by atoms with van der Waals surface area (Å²) in [5, 5.41) is 0. The van der Waals surface area contributed by atoms with Crippen LogP contribution in [0.1, 0.15) is 34.2 Å². The number of carbonyl (C=O) groups excluding carboxylic acids is 1. The molecule has 0 amide bonds. The Morgan fingerprint density at radius 1 is 1.20 bits per heavy atom. The van der Waals surface area contributed by atoms with Crippen molar-refractivity contribution in [1.29, 1.82) is 0 Å². The number of hydrogen-bond donors (Lipinski definition) is 0. The minimum absolute atomic E-state index is 0.239. The zero-order valence-electron chi connectivity index (χ0n) is 8.95. The second-order valence-electron chi connectivity index (χ2n) is 3.64. The molecule has 0 saturated carbocycles. The van der Waals surface area contributed by atoms with Crippen LogP contribution < -0.4 is 0 Å². The Balaban J connectivity index is 2.34. The van der Waals surface area contributed by atoms with E-state index in [9.17, 15) is 4.79 Å². The molecule has 80 valence electrons. The fraction of sp³-hybridized carbons (Fsp3) is 0.417. The summed E-state index contributed by atoms with van der Waals surface area (Å²) in [5.41, 5.74) is 2.93. The molecule has 0 saturated heterocycles. The molecule has 1 aliphatic carbocycles. The maximum absolute atomic E-state index is 11.4. The first-order chi connectivity index (χ1) is 7.26. The van der Waals surface area contributed by atoms with Crippen molar-refractivity contribution in [1.82, 2.24) is 0 Å². The summed E-state index contributed by atoms with van der Waals surface area (Å²) in [5.74, 6) is 0.239. The second kappa shape index (κ2) is 4.13. The van der Waals surface area contributed by atoms with E-state index in [1.165, 1.54) is 0 Å². The predicted molar refractivity (Wildman–Crippen MR) is 55.9 cm³/mol. The third-order valence-corrected chi connectivity index (χ3v) is 2.75. The summed E-state index contributed by atoms with van der Waals surface area (Å²) in [7, 11) is 3.21. The van der Waals surface area contributed by atoms with Crippen LogP contribution in [0.4, 0.5) is 0 Å². The van der Waals surface area contributed by atoms with Crippen LogP contribution in [0.15, 0.2) is 18.2 Å². The first-order valence-electron chi connectivity index (χ1n) is 4.98. The molecule has 15 heavy (non-hydrogen) atoms. The van der Waals surface area contributed by atoms with E-state index in [1.807, 2.05) is 18.2 Å². The van der Waals surface area contributed by atoms with Gasteiger partial charge in [0.1, 0.15) is 0 Å². The van der Waals surface area contributed by atoms with Crippen molar-refractivity contribution >= 4 is 5.78 Å². The fourth-order valence-corrected chi connectivity index (χ4v) is 1.99. The number of hydrogen-bond acceptors (Lipinski definition) is 3. The molecule has 0 atom stereocenters. The van der Waals surface area contributed by atoms with E-state index in [2.05, 4.69) is 0 Å². The summed E-state index contributed by atoms with van der Waals surface area (Å²) < 4.78 is 10.3. The third kappa shape index (κ3) is 1.80. The Morgan fingerprint density at radius 3 is 2.60 bits per heavy atom. The van der Waals surface area contributed by atoms with Gasteiger partial charge in [-0.3, -0.25) is 4.79 Å². The average Bonchev–Trinajstić information content (AvgIpc) is 2.62. The van der Waals surface area contributed by atoms with Crippen LogP contribution >= 0.6 is 0 Å². The van der Waals surface area contributed by atoms with Crippen molar-refractivity contribution in [2.24, 2.45) is 0 Å². The Labute approximate surface area is 89.0 Å². The molecule has 0 fully saturated rings. The molecule has 0 N–H and O–H groups in total. The Morgan fingerprint density at radius 2 is 1.93 bits per heavy atom. The quantitative estimate of drug-likeness (QED) is 0.710. The van der Waals surface area contributed by atoms with Crippen LogP contribution in [0.25, 0.3) is 0 Å². The van der Waals surface area contributed by atoms with Gasteiger partial charge >= 0.3 is 0 Å². The largest absolute Gasteiger partial charge is 0.352 e. The molecule has 0 bridgehead atoms. The third-order valence-electron chi connectivity index (χ3n) is 2.75. The zero-order valence-corrected chi connectivity index (χ0v) is 8.95. The molecule has 2 rings (SSSR count). The highest BCUT2D eigenvalue weighted by molar-refractivity contribution is 6.00. The van der Waals surface area contributed by atoms with Crippen LogP contribution in [0, 0.1) is 0 Å². The second-order valence-corrected chi connectivity index (χ2v) is 3.64. The first kappa shape index (κ1) is 10.3. The highest BCUT2D eigenvalue weighted by atomic mass is 16.7. The highest BCUT2D eigenvalue weighted by Crippen LogP contribution is 2.26. The van der Waals surface area contributed by atoms with Crippen molar-refractivity contribution in [2.45, 2.75) is 19.1 Å². The van der Waals surface area contributed by atoms with Crippen molar-refractivity contribution in [2.75, 3.05) is 14.2 Å². The summed E-state index contributed by atoms with van der Waals surface area (Å²) >= 11 is 0. The monoisotopic (exact) mass is 206 g/mol. The van der Waals surface area contributed by atoms with E-state index < -0.39 is 0 Å². The average molecular weight is 206 g/mol. The Kier molecular flexibility index (Phi) is 2.84. The molecule has 0 spiro atoms. The van der Waals surface area contributed by atoms with Gasteiger partial charge in [0.2, 0.25) is 0 Å². The van der Waals surface area contributed by atoms with Crippen LogP contribution in [0.2, 0.25) is 0 Å². The summed E-state index contributed by atoms with van der Waals surface area (Å²) in [6.07, 6.45) is 1.12. The summed E-state index contributed by atoms with van der Waals surface area (Å²) in [4.78, 5) is 11.4. The van der Waals surface area contributed by atoms with Gasteiger partial charge in [-0.15, -0.1) is 0 Å². The van der Waals surface area contributed by atoms with Gasteiger partial charge < -0.3 is 9.47 Å². The first-order valence-corrected chi connectivity index (χ1v) is 4.98. The lowest BCUT2D eigenvalue weighted by Gasteiger charge is -2.14. The molecular formula is C12H14O3. The van der Waals surface area contributed by atoms with Crippen LogP contribution in [0.3, 0.4) is 0 Å². The predicted octanol–water partition coefficient (Wildman–Crippen LogP) is 2.11. The number of ketones is 1. The minimum atomic E-state index is -0.342. The Bertz CT molecular complexity index is 380. The molecule has 1 aromatic rings. The molecular weight excluding hydrogens is 192 g/mol. The van der Waals surface area contributed by atoms with Gasteiger partial charge in [-0.1, -0.05) is 18.2 Å². The number of fused-ring (bicyclic) bond motifs is 1. The van der Waals surface area contributed by atoms with Crippen molar-refractivity contribution in [3.63, 3.8) is 0 Å². The van der Waals surface area contributed by atoms with Crippen molar-refractivity contribution in [3.05, 3.63) is 34.9 Å². The zero-order chi connectivity index (χ0) is 10.8. The smallest absolute Gasteiger partial charge is 0.183 e. The van der Waals surface area contributed by atoms with Gasteiger partial charge in [-0.05, 0) is 12.0 Å². The molecule has 3 heteroatoms. The molecule has 0 aromatic heterocycles. The SMILES string of the molecule is COC(OC)c1ccc2c(c1)CCC2=O. The van der Waals surface area contributed by atoms with Gasteiger partial charge in [0.05, 0.1) is 0 Å². The van der Waals surface area contributed by atoms with E-state index >= 15 is 0 Å². The number of ether oxygens (including phenoxy) is 2. The summed E-state index contributed by atoms with van der Waals surface area (Å²) in [6.45, 7) is 0. The van der Waals surface area contributed by atoms with E-state index in [0.29, 0.717) is 6.42 Å². The van der Waals surface area contributed by atoms with E-state index in [4.69, 9.17) is 9.47 Å². The number of aryl methyl sites for hydroxylation is 1. The molecule has 3 nitrogen and oxygen atoms in total. The van der Waals surface area contributed by atoms with Gasteiger partial charge in [0.25, 0.3) is 0 Å². The highest BCUT2D eigenvalue weighted by Gasteiger charge is 2.20. The van der Waals surface area contributed by atoms with Gasteiger partial charge in [-0.2, -0.15) is 0 Å². The van der Waals surface area contributed by atoms with Crippen LogP contribution in [-0.2, 0) is 15.9 Å². The van der Waals surface area contributed by atoms with E-state index in [-0.39, 0.29) is 12.1 Å². The normalized spacial score (nSPS) is 14.7. The lowest BCUT2D eigenvalue weighted by Crippen LogP contribution is -2.04. The number of methoxy groups -OCH3 is 2. The number of carbonyl (C=O) groups is 1. The van der Waals surface area contributed by atoms with E-state index in [1.54, 1.807) is 14.2 Å². The van der Waals surface area contributed by atoms with Gasteiger partial charge in [0, 0.05) is 31.8 Å². The number of Topliss-reactive ketones (excluding diaryl/α,β-unsaturated/α-hetero) is 1. The summed E-state index contributed by atoms with van der Waals surface area (Å²) in [6, 6.07) is 5.75. The van der Waals surface area contributed by atoms with Crippen LogP contribution in [-0.4, -0.2) is 20.0 Å². The number of benzene rings is 1. The molecule has 1 aromatic carbocycles. The maximum Gasteiger partial charge on any atom is 0.183 e. The van der Waals surface area contributed by atoms with Crippen LogP contribution in [0.5, 0.6) is 0 Å². The lowest BCUT2D eigenvalue weighted by molar-refractivity contribution is -0.106. The molecule has 0 aliphatic heterocycles. The van der Waals surface area contributed by atoms with E-state index in [0.717, 1.165) is 23.1 Å². The van der Waals surface area contributed by atoms with Crippen molar-refractivity contribution in [3.8, 4) is 0 Å². The number of rotatable bonds is 3.